The van der Waals surface area contributed by atoms with Crippen LogP contribution in [0.3, 0.4) is 0 Å². The Morgan fingerprint density at radius 2 is 2.11 bits per heavy atom. The molecule has 3 aromatic heterocycles. The Bertz CT molecular complexity index is 889. The summed E-state index contributed by atoms with van der Waals surface area (Å²) in [6, 6.07) is 5.96. The summed E-state index contributed by atoms with van der Waals surface area (Å²) >= 11 is 0. The number of aromatic amines is 1. The molecule has 3 N–H and O–H groups in total. The lowest BCUT2D eigenvalue weighted by molar-refractivity contribution is 1.06. The number of fused-ring (bicyclic) bond motifs is 2. The van der Waals surface area contributed by atoms with Crippen LogP contribution in [0.15, 0.2) is 36.9 Å². The van der Waals surface area contributed by atoms with Gasteiger partial charge >= 0.3 is 0 Å². The molecular formula is C12H9N7. The summed E-state index contributed by atoms with van der Waals surface area (Å²) in [6.07, 6.45) is 5.10. The van der Waals surface area contributed by atoms with Gasteiger partial charge in [0.25, 0.3) is 0 Å². The maximum absolute atomic E-state index is 5.62. The first-order chi connectivity index (χ1) is 9.31. The summed E-state index contributed by atoms with van der Waals surface area (Å²) in [4.78, 5) is 12.4. The summed E-state index contributed by atoms with van der Waals surface area (Å²) in [7, 11) is 0. The van der Waals surface area contributed by atoms with Crippen LogP contribution in [0.1, 0.15) is 0 Å². The smallest absolute Gasteiger partial charge is 0.222 e. The minimum absolute atomic E-state index is 0.233. The Balaban J connectivity index is 2.00. The highest BCUT2D eigenvalue weighted by molar-refractivity contribution is 5.81. The largest absolute Gasteiger partial charge is 0.368 e. The normalized spacial score (nSPS) is 11.4. The van der Waals surface area contributed by atoms with Gasteiger partial charge in [-0.05, 0) is 18.2 Å². The van der Waals surface area contributed by atoms with Crippen molar-refractivity contribution in [1.29, 1.82) is 0 Å². The molecule has 0 fully saturated rings. The van der Waals surface area contributed by atoms with Gasteiger partial charge in [0.15, 0.2) is 5.65 Å². The highest BCUT2D eigenvalue weighted by Gasteiger charge is 2.08. The molecule has 0 atom stereocenters. The number of imidazole rings is 1. The molecule has 0 bridgehead atoms. The average molecular weight is 251 g/mol. The van der Waals surface area contributed by atoms with Gasteiger partial charge in [-0.2, -0.15) is 10.1 Å². The van der Waals surface area contributed by atoms with Gasteiger partial charge in [-0.1, -0.05) is 0 Å². The van der Waals surface area contributed by atoms with Crippen molar-refractivity contribution >= 4 is 28.0 Å². The number of aromatic nitrogens is 6. The van der Waals surface area contributed by atoms with Gasteiger partial charge in [-0.25, -0.2) is 9.97 Å². The first-order valence-electron chi connectivity index (χ1n) is 5.70. The predicted molar refractivity (Wildman–Crippen MR) is 70.7 cm³/mol. The number of H-pyrrole nitrogens is 1. The number of hydrogen-bond donors (Lipinski definition) is 2. The lowest BCUT2D eigenvalue weighted by Gasteiger charge is -2.03. The average Bonchev–Trinajstić information content (AvgIpc) is 3.03. The molecule has 0 aliphatic heterocycles. The number of nitrogen functional groups attached to an aromatic ring is 1. The molecule has 0 amide bonds. The fourth-order valence-electron chi connectivity index (χ4n) is 2.09. The number of hydrogen-bond acceptors (Lipinski definition) is 5. The van der Waals surface area contributed by atoms with Crippen molar-refractivity contribution in [3.63, 3.8) is 0 Å². The summed E-state index contributed by atoms with van der Waals surface area (Å²) in [5.74, 6) is 0.233. The first kappa shape index (κ1) is 10.0. The lowest BCUT2D eigenvalue weighted by Crippen LogP contribution is -1.98. The fourth-order valence-corrected chi connectivity index (χ4v) is 2.09. The molecule has 0 aliphatic carbocycles. The Kier molecular flexibility index (Phi) is 1.85. The van der Waals surface area contributed by atoms with E-state index < -0.39 is 0 Å². The van der Waals surface area contributed by atoms with E-state index in [1.165, 1.54) is 0 Å². The molecule has 19 heavy (non-hydrogen) atoms. The molecule has 4 rings (SSSR count). The molecule has 7 nitrogen and oxygen atoms in total. The van der Waals surface area contributed by atoms with Crippen molar-refractivity contribution in [2.75, 3.05) is 5.73 Å². The van der Waals surface area contributed by atoms with Crippen LogP contribution in [0.25, 0.3) is 27.8 Å². The van der Waals surface area contributed by atoms with Crippen LogP contribution in [0.2, 0.25) is 0 Å². The second-order valence-electron chi connectivity index (χ2n) is 4.19. The molecule has 0 spiro atoms. The standard InChI is InChI=1S/C12H9N7/c13-12-14-5-10-11(17-12)19(6-15-10)8-2-1-7-4-16-18-9(7)3-8/h1-6H,(H,16,18)(H2,13,14,17). The van der Waals surface area contributed by atoms with Gasteiger partial charge in [-0.3, -0.25) is 9.67 Å². The Morgan fingerprint density at radius 3 is 3.05 bits per heavy atom. The molecule has 0 radical (unpaired) electrons. The Morgan fingerprint density at radius 1 is 1.16 bits per heavy atom. The Hall–Kier alpha value is -2.96. The van der Waals surface area contributed by atoms with Crippen molar-refractivity contribution in [1.82, 2.24) is 29.7 Å². The van der Waals surface area contributed by atoms with E-state index in [2.05, 4.69) is 25.1 Å². The predicted octanol–water partition coefficient (Wildman–Crippen LogP) is 1.27. The number of benzene rings is 1. The van der Waals surface area contributed by atoms with E-state index in [0.717, 1.165) is 16.6 Å². The maximum Gasteiger partial charge on any atom is 0.222 e. The highest BCUT2D eigenvalue weighted by Crippen LogP contribution is 2.20. The van der Waals surface area contributed by atoms with E-state index in [4.69, 9.17) is 5.73 Å². The topological polar surface area (TPSA) is 98.3 Å². The quantitative estimate of drug-likeness (QED) is 0.531. The van der Waals surface area contributed by atoms with Crippen LogP contribution in [-0.4, -0.2) is 29.7 Å². The second kappa shape index (κ2) is 3.52. The van der Waals surface area contributed by atoms with E-state index in [1.54, 1.807) is 18.7 Å². The molecular weight excluding hydrogens is 242 g/mol. The van der Waals surface area contributed by atoms with E-state index >= 15 is 0 Å². The SMILES string of the molecule is Nc1ncc2ncn(-c3ccc4cn[nH]c4c3)c2n1. The van der Waals surface area contributed by atoms with Crippen molar-refractivity contribution in [3.05, 3.63) is 36.9 Å². The van der Waals surface area contributed by atoms with Crippen LogP contribution in [0, 0.1) is 0 Å². The van der Waals surface area contributed by atoms with Gasteiger partial charge in [0.05, 0.1) is 23.6 Å². The van der Waals surface area contributed by atoms with Crippen molar-refractivity contribution in [2.24, 2.45) is 0 Å². The zero-order valence-electron chi connectivity index (χ0n) is 9.78. The van der Waals surface area contributed by atoms with Crippen LogP contribution in [0.4, 0.5) is 5.95 Å². The number of nitrogens with zero attached hydrogens (tertiary/aromatic N) is 5. The number of nitrogens with one attached hydrogen (secondary N) is 1. The molecule has 0 saturated heterocycles. The summed E-state index contributed by atoms with van der Waals surface area (Å²) in [5, 5.41) is 8.00. The van der Waals surface area contributed by atoms with Crippen molar-refractivity contribution in [2.45, 2.75) is 0 Å². The number of anilines is 1. The second-order valence-corrected chi connectivity index (χ2v) is 4.19. The van der Waals surface area contributed by atoms with Crippen LogP contribution >= 0.6 is 0 Å². The van der Waals surface area contributed by atoms with Crippen LogP contribution in [0.5, 0.6) is 0 Å². The van der Waals surface area contributed by atoms with E-state index in [1.807, 2.05) is 22.8 Å². The molecule has 7 heteroatoms. The number of nitrogens with two attached hydrogens (primary N) is 1. The minimum Gasteiger partial charge on any atom is -0.368 e. The van der Waals surface area contributed by atoms with Gasteiger partial charge < -0.3 is 5.73 Å². The van der Waals surface area contributed by atoms with E-state index in [-0.39, 0.29) is 5.95 Å². The van der Waals surface area contributed by atoms with Gasteiger partial charge in [-0.15, -0.1) is 0 Å². The van der Waals surface area contributed by atoms with E-state index in [0.29, 0.717) is 11.2 Å². The van der Waals surface area contributed by atoms with Gasteiger partial charge in [0, 0.05) is 5.39 Å². The highest BCUT2D eigenvalue weighted by atomic mass is 15.1. The Labute approximate surface area is 107 Å². The third kappa shape index (κ3) is 1.45. The van der Waals surface area contributed by atoms with Gasteiger partial charge in [0.2, 0.25) is 5.95 Å². The summed E-state index contributed by atoms with van der Waals surface area (Å²) in [6.45, 7) is 0. The van der Waals surface area contributed by atoms with Crippen LogP contribution < -0.4 is 5.73 Å². The maximum atomic E-state index is 5.62. The molecule has 92 valence electrons. The third-order valence-corrected chi connectivity index (χ3v) is 3.01. The minimum atomic E-state index is 0.233. The lowest BCUT2D eigenvalue weighted by atomic mass is 10.2. The summed E-state index contributed by atoms with van der Waals surface area (Å²) < 4.78 is 1.87. The monoisotopic (exact) mass is 251 g/mol. The molecule has 4 aromatic rings. The first-order valence-corrected chi connectivity index (χ1v) is 5.70. The van der Waals surface area contributed by atoms with Gasteiger partial charge in [0.1, 0.15) is 11.8 Å². The molecule has 3 heterocycles. The molecule has 0 aliphatic rings. The van der Waals surface area contributed by atoms with Crippen molar-refractivity contribution < 1.29 is 0 Å². The zero-order valence-corrected chi connectivity index (χ0v) is 9.78. The molecule has 0 saturated carbocycles. The molecule has 1 aromatic carbocycles. The number of rotatable bonds is 1. The third-order valence-electron chi connectivity index (χ3n) is 3.01. The fraction of sp³-hybridized carbons (Fsp3) is 0. The van der Waals surface area contributed by atoms with E-state index in [9.17, 15) is 0 Å². The summed E-state index contributed by atoms with van der Waals surface area (Å²) in [5.41, 5.74) is 8.92. The van der Waals surface area contributed by atoms with Crippen LogP contribution in [-0.2, 0) is 0 Å². The molecule has 0 unspecified atom stereocenters. The van der Waals surface area contributed by atoms with Crippen molar-refractivity contribution in [3.8, 4) is 5.69 Å². The zero-order chi connectivity index (χ0) is 12.8.